The number of carbonyl (C=O) groups excluding carboxylic acids is 2. The fourth-order valence-electron chi connectivity index (χ4n) is 0.691. The average Bonchev–Trinajstić information content (AvgIpc) is 1.98. The van der Waals surface area contributed by atoms with E-state index in [2.05, 4.69) is 0 Å². The van der Waals surface area contributed by atoms with Crippen molar-refractivity contribution in [2.75, 3.05) is 0 Å². The molecule has 0 unspecified atom stereocenters. The maximum absolute atomic E-state index is 10.3. The van der Waals surface area contributed by atoms with Gasteiger partial charge in [0, 0.05) is 31.7 Å². The van der Waals surface area contributed by atoms with Crippen molar-refractivity contribution in [2.45, 2.75) is 25.4 Å². The third-order valence-electron chi connectivity index (χ3n) is 1.27. The average molecular weight is 274 g/mol. The second kappa shape index (κ2) is 9.62. The summed E-state index contributed by atoms with van der Waals surface area (Å²) >= 11 is 0. The summed E-state index contributed by atoms with van der Waals surface area (Å²) in [7, 11) is 0. The molecule has 0 amide bonds. The summed E-state index contributed by atoms with van der Waals surface area (Å²) in [4.78, 5) is 39.2. The van der Waals surface area contributed by atoms with E-state index >= 15 is 0 Å². The molecule has 0 spiro atoms. The third kappa shape index (κ3) is 12.7. The molecule has 98 valence electrons. The molecule has 0 aliphatic heterocycles. The van der Waals surface area contributed by atoms with E-state index in [9.17, 15) is 24.6 Å². The van der Waals surface area contributed by atoms with E-state index in [1.54, 1.807) is 0 Å². The van der Waals surface area contributed by atoms with E-state index < -0.39 is 42.3 Å². The monoisotopic (exact) mass is 274 g/mol. The van der Waals surface area contributed by atoms with Crippen molar-refractivity contribution in [1.82, 2.24) is 0 Å². The van der Waals surface area contributed by atoms with Gasteiger partial charge in [0.15, 0.2) is 5.60 Å². The first-order valence-corrected chi connectivity index (χ1v) is 4.06. The van der Waals surface area contributed by atoms with Crippen LogP contribution < -0.4 is 10.2 Å². The van der Waals surface area contributed by atoms with Gasteiger partial charge >= 0.3 is 29.0 Å². The Bertz CT molecular complexity index is 305. The van der Waals surface area contributed by atoms with Crippen molar-refractivity contribution < 1.29 is 44.7 Å². The van der Waals surface area contributed by atoms with E-state index in [1.165, 1.54) is 0 Å². The van der Waals surface area contributed by atoms with Gasteiger partial charge in [0.2, 0.25) is 0 Å². The largest absolute Gasteiger partial charge is 2.00 e. The Morgan fingerprint density at radius 2 is 1.22 bits per heavy atom. The van der Waals surface area contributed by atoms with Crippen LogP contribution >= 0.6 is 0 Å². The van der Waals surface area contributed by atoms with E-state index in [0.717, 1.165) is 6.92 Å². The van der Waals surface area contributed by atoms with E-state index in [0.29, 0.717) is 0 Å². The predicted octanol–water partition coefficient (Wildman–Crippen LogP) is -4.21. The van der Waals surface area contributed by atoms with Crippen LogP contribution in [-0.2, 0) is 19.2 Å². The van der Waals surface area contributed by atoms with Crippen LogP contribution in [0, 0.1) is 0 Å². The van der Waals surface area contributed by atoms with Crippen molar-refractivity contribution in [3.05, 3.63) is 0 Å². The molecule has 0 atom stereocenters. The Morgan fingerprint density at radius 3 is 1.33 bits per heavy atom. The molecular formula is C8H10MgO9. The number of aliphatic carboxylic acids is 4. The minimum absolute atomic E-state index is 0. The maximum atomic E-state index is 10.3. The summed E-state index contributed by atoms with van der Waals surface area (Å²) in [6, 6.07) is 0. The van der Waals surface area contributed by atoms with Crippen LogP contribution in [0.5, 0.6) is 0 Å². The normalized spacial score (nSPS) is 9.22. The third-order valence-corrected chi connectivity index (χ3v) is 1.27. The van der Waals surface area contributed by atoms with Crippen LogP contribution in [0.4, 0.5) is 0 Å². The van der Waals surface area contributed by atoms with Crippen molar-refractivity contribution in [1.29, 1.82) is 0 Å². The summed E-state index contributed by atoms with van der Waals surface area (Å²) in [5.41, 5.74) is -2.86. The van der Waals surface area contributed by atoms with Crippen molar-refractivity contribution >= 4 is 46.9 Å². The van der Waals surface area contributed by atoms with E-state index in [4.69, 9.17) is 20.1 Å². The number of carboxylic acids is 4. The molecule has 0 aliphatic rings. The predicted molar refractivity (Wildman–Crippen MR) is 50.9 cm³/mol. The quantitative estimate of drug-likeness (QED) is 0.419. The number of hydrogen-bond donors (Lipinski definition) is 3. The number of carboxylic acid groups (broad SMARTS) is 4. The van der Waals surface area contributed by atoms with Gasteiger partial charge < -0.3 is 35.1 Å². The number of rotatable bonds is 5. The zero-order valence-corrected chi connectivity index (χ0v) is 10.8. The summed E-state index contributed by atoms with van der Waals surface area (Å²) in [6.07, 6.45) is -2.59. The second-order valence-electron chi connectivity index (χ2n) is 2.95. The molecule has 0 rings (SSSR count). The summed E-state index contributed by atoms with van der Waals surface area (Å²) in [5.74, 6) is -6.49. The first kappa shape index (κ1) is 21.8. The van der Waals surface area contributed by atoms with Gasteiger partial charge in [0.25, 0.3) is 5.97 Å². The Balaban J connectivity index is -0.000000392. The van der Waals surface area contributed by atoms with Gasteiger partial charge in [-0.15, -0.1) is 0 Å². The topological polar surface area (TPSA) is 175 Å². The molecule has 10 heteroatoms. The van der Waals surface area contributed by atoms with E-state index in [1.807, 2.05) is 0 Å². The molecular weight excluding hydrogens is 264 g/mol. The Hall–Kier alpha value is -1.39. The molecule has 0 aromatic carbocycles. The molecule has 0 heterocycles. The Kier molecular flexibility index (Phi) is 11.7. The van der Waals surface area contributed by atoms with Crippen LogP contribution in [0.2, 0.25) is 0 Å². The number of aliphatic hydroxyl groups is 1. The molecule has 9 nitrogen and oxygen atoms in total. The zero-order chi connectivity index (χ0) is 14.2. The first-order chi connectivity index (χ1) is 7.51. The standard InChI is InChI=1S/C6H8O7.C2H4O2.Mg/c7-3(8)1-6(13,5(11)12)2-4(9)10;1-2(3)4;/h13H,1-2H2,(H,7,8)(H,9,10)(H,11,12);1H3,(H,3,4);/q;;+2/p-2. The molecule has 0 aromatic heterocycles. The van der Waals surface area contributed by atoms with Crippen LogP contribution in [0.25, 0.3) is 0 Å². The summed E-state index contributed by atoms with van der Waals surface area (Å²) in [6.45, 7) is 1.08. The van der Waals surface area contributed by atoms with Gasteiger partial charge in [-0.25, -0.2) is 4.79 Å². The molecule has 0 radical (unpaired) electrons. The molecule has 18 heavy (non-hydrogen) atoms. The molecule has 0 bridgehead atoms. The molecule has 3 N–H and O–H groups in total. The fraction of sp³-hybridized carbons (Fsp3) is 0.500. The SMILES string of the molecule is CC(=O)O.O=C([O-])CC(O)(CC(=O)[O-])C(=O)O.[Mg+2]. The van der Waals surface area contributed by atoms with Gasteiger partial charge in [-0.3, -0.25) is 4.79 Å². The molecule has 0 aliphatic carbocycles. The van der Waals surface area contributed by atoms with Crippen LogP contribution in [0.3, 0.4) is 0 Å². The first-order valence-electron chi connectivity index (χ1n) is 4.06. The maximum Gasteiger partial charge on any atom is 2.00 e. The number of carbonyl (C=O) groups is 4. The minimum atomic E-state index is -2.86. The minimum Gasteiger partial charge on any atom is -0.550 e. The van der Waals surface area contributed by atoms with Crippen molar-refractivity contribution in [2.24, 2.45) is 0 Å². The van der Waals surface area contributed by atoms with Crippen molar-refractivity contribution in [3.8, 4) is 0 Å². The van der Waals surface area contributed by atoms with Crippen molar-refractivity contribution in [3.63, 3.8) is 0 Å². The fourth-order valence-corrected chi connectivity index (χ4v) is 0.691. The van der Waals surface area contributed by atoms with Gasteiger partial charge in [-0.2, -0.15) is 0 Å². The summed E-state index contributed by atoms with van der Waals surface area (Å²) in [5, 5.41) is 44.6. The van der Waals surface area contributed by atoms with Crippen LogP contribution in [0.15, 0.2) is 0 Å². The molecule has 0 aromatic rings. The van der Waals surface area contributed by atoms with Gasteiger partial charge in [0.1, 0.15) is 0 Å². The molecule has 0 saturated heterocycles. The molecule has 0 saturated carbocycles. The molecule has 0 fully saturated rings. The van der Waals surface area contributed by atoms with Gasteiger partial charge in [-0.05, 0) is 0 Å². The van der Waals surface area contributed by atoms with Gasteiger partial charge in [0.05, 0.1) is 0 Å². The summed E-state index contributed by atoms with van der Waals surface area (Å²) < 4.78 is 0. The smallest absolute Gasteiger partial charge is 0.550 e. The van der Waals surface area contributed by atoms with E-state index in [-0.39, 0.29) is 23.1 Å². The second-order valence-corrected chi connectivity index (χ2v) is 2.95. The van der Waals surface area contributed by atoms with Crippen LogP contribution in [0.1, 0.15) is 19.8 Å². The van der Waals surface area contributed by atoms with Gasteiger partial charge in [-0.1, -0.05) is 0 Å². The van der Waals surface area contributed by atoms with Crippen LogP contribution in [-0.4, -0.2) is 67.9 Å². The Labute approximate surface area is 117 Å². The zero-order valence-electron chi connectivity index (χ0n) is 9.41. The number of hydrogen-bond acceptors (Lipinski definition) is 7. The Morgan fingerprint density at radius 1 is 1.00 bits per heavy atom.